The van der Waals surface area contributed by atoms with Crippen molar-refractivity contribution in [1.29, 1.82) is 0 Å². The number of carbonyl (C=O) groups excluding carboxylic acids is 1. The SMILES string of the molecule is CC(=O)Nc1c(F)cccc1CCCN. The second-order valence-electron chi connectivity index (χ2n) is 3.35. The number of anilines is 1. The molecule has 1 rings (SSSR count). The van der Waals surface area contributed by atoms with Crippen LogP contribution in [0.15, 0.2) is 18.2 Å². The molecule has 0 bridgehead atoms. The van der Waals surface area contributed by atoms with E-state index < -0.39 is 5.82 Å². The van der Waals surface area contributed by atoms with Crippen molar-refractivity contribution in [2.75, 3.05) is 11.9 Å². The van der Waals surface area contributed by atoms with Gasteiger partial charge in [0, 0.05) is 6.92 Å². The van der Waals surface area contributed by atoms with E-state index in [1.54, 1.807) is 12.1 Å². The molecule has 0 aliphatic carbocycles. The lowest BCUT2D eigenvalue weighted by Crippen LogP contribution is -2.11. The van der Waals surface area contributed by atoms with Gasteiger partial charge in [-0.15, -0.1) is 0 Å². The van der Waals surface area contributed by atoms with Gasteiger partial charge in [0.1, 0.15) is 5.82 Å². The molecule has 3 N–H and O–H groups in total. The van der Waals surface area contributed by atoms with Gasteiger partial charge in [0.2, 0.25) is 5.91 Å². The summed E-state index contributed by atoms with van der Waals surface area (Å²) < 4.78 is 13.4. The second kappa shape index (κ2) is 5.46. The van der Waals surface area contributed by atoms with Gasteiger partial charge in [0.25, 0.3) is 0 Å². The average molecular weight is 210 g/mol. The first-order chi connectivity index (χ1) is 7.15. The van der Waals surface area contributed by atoms with Crippen molar-refractivity contribution in [2.45, 2.75) is 19.8 Å². The lowest BCUT2D eigenvalue weighted by atomic mass is 10.1. The first-order valence-electron chi connectivity index (χ1n) is 4.90. The molecule has 3 nitrogen and oxygen atoms in total. The third kappa shape index (κ3) is 3.32. The molecule has 4 heteroatoms. The van der Waals surface area contributed by atoms with Gasteiger partial charge in [-0.2, -0.15) is 0 Å². The van der Waals surface area contributed by atoms with E-state index in [-0.39, 0.29) is 11.6 Å². The van der Waals surface area contributed by atoms with Crippen molar-refractivity contribution in [2.24, 2.45) is 5.73 Å². The lowest BCUT2D eigenvalue weighted by molar-refractivity contribution is -0.114. The van der Waals surface area contributed by atoms with E-state index in [0.29, 0.717) is 13.0 Å². The number of carbonyl (C=O) groups is 1. The van der Waals surface area contributed by atoms with Crippen LogP contribution in [0.25, 0.3) is 0 Å². The van der Waals surface area contributed by atoms with Crippen molar-refractivity contribution in [3.8, 4) is 0 Å². The third-order valence-corrected chi connectivity index (χ3v) is 2.05. The maximum atomic E-state index is 13.4. The minimum atomic E-state index is -0.403. The topological polar surface area (TPSA) is 55.1 Å². The normalized spacial score (nSPS) is 10.1. The predicted molar refractivity (Wildman–Crippen MR) is 58.1 cm³/mol. The highest BCUT2D eigenvalue weighted by Crippen LogP contribution is 2.20. The Labute approximate surface area is 88.5 Å². The Bertz CT molecular complexity index is 352. The summed E-state index contributed by atoms with van der Waals surface area (Å²) in [5, 5.41) is 2.50. The van der Waals surface area contributed by atoms with Crippen LogP contribution in [-0.2, 0) is 11.2 Å². The largest absolute Gasteiger partial charge is 0.330 e. The number of para-hydroxylation sites is 1. The summed E-state index contributed by atoms with van der Waals surface area (Å²) in [6, 6.07) is 4.76. The highest BCUT2D eigenvalue weighted by molar-refractivity contribution is 5.89. The Hall–Kier alpha value is -1.42. The summed E-state index contributed by atoms with van der Waals surface area (Å²) in [4.78, 5) is 10.9. The Morgan fingerprint density at radius 1 is 1.53 bits per heavy atom. The Kier molecular flexibility index (Phi) is 4.24. The molecular weight excluding hydrogens is 195 g/mol. The summed E-state index contributed by atoms with van der Waals surface area (Å²) in [6.07, 6.45) is 1.44. The maximum absolute atomic E-state index is 13.4. The van der Waals surface area contributed by atoms with Crippen molar-refractivity contribution in [3.05, 3.63) is 29.6 Å². The number of nitrogens with two attached hydrogens (primary N) is 1. The lowest BCUT2D eigenvalue weighted by Gasteiger charge is -2.10. The van der Waals surface area contributed by atoms with Crippen LogP contribution in [0.1, 0.15) is 18.9 Å². The van der Waals surface area contributed by atoms with Crippen LogP contribution in [-0.4, -0.2) is 12.5 Å². The van der Waals surface area contributed by atoms with Crippen LogP contribution < -0.4 is 11.1 Å². The summed E-state index contributed by atoms with van der Waals surface area (Å²) in [5.74, 6) is -0.672. The molecule has 0 radical (unpaired) electrons. The quantitative estimate of drug-likeness (QED) is 0.794. The molecule has 0 heterocycles. The van der Waals surface area contributed by atoms with E-state index in [2.05, 4.69) is 5.32 Å². The van der Waals surface area contributed by atoms with E-state index in [1.807, 2.05) is 0 Å². The summed E-state index contributed by atoms with van der Waals surface area (Å²) in [5.41, 5.74) is 6.45. The molecule has 1 aromatic carbocycles. The molecular formula is C11H15FN2O. The molecule has 1 aromatic rings. The van der Waals surface area contributed by atoms with Crippen molar-refractivity contribution < 1.29 is 9.18 Å². The molecule has 0 unspecified atom stereocenters. The van der Waals surface area contributed by atoms with E-state index in [4.69, 9.17) is 5.73 Å². The smallest absolute Gasteiger partial charge is 0.221 e. The fraction of sp³-hybridized carbons (Fsp3) is 0.364. The molecule has 0 aromatic heterocycles. The minimum absolute atomic E-state index is 0.269. The van der Waals surface area contributed by atoms with Crippen molar-refractivity contribution >= 4 is 11.6 Å². The zero-order valence-corrected chi connectivity index (χ0v) is 8.72. The Morgan fingerprint density at radius 2 is 2.27 bits per heavy atom. The highest BCUT2D eigenvalue weighted by Gasteiger charge is 2.08. The molecule has 82 valence electrons. The van der Waals surface area contributed by atoms with Crippen LogP contribution in [0.2, 0.25) is 0 Å². The van der Waals surface area contributed by atoms with Crippen LogP contribution in [0, 0.1) is 5.82 Å². The standard InChI is InChI=1S/C11H15FN2O/c1-8(15)14-11-9(5-3-7-13)4-2-6-10(11)12/h2,4,6H,3,5,7,13H2,1H3,(H,14,15). The van der Waals surface area contributed by atoms with Gasteiger partial charge in [-0.25, -0.2) is 4.39 Å². The number of amides is 1. The van der Waals surface area contributed by atoms with Gasteiger partial charge in [-0.3, -0.25) is 4.79 Å². The molecule has 0 fully saturated rings. The van der Waals surface area contributed by atoms with E-state index in [1.165, 1.54) is 13.0 Å². The van der Waals surface area contributed by atoms with Crippen LogP contribution in [0.3, 0.4) is 0 Å². The van der Waals surface area contributed by atoms with Gasteiger partial charge in [-0.05, 0) is 31.0 Å². The molecule has 1 amide bonds. The minimum Gasteiger partial charge on any atom is -0.330 e. The van der Waals surface area contributed by atoms with Gasteiger partial charge in [-0.1, -0.05) is 12.1 Å². The third-order valence-electron chi connectivity index (χ3n) is 2.05. The number of benzene rings is 1. The first-order valence-corrected chi connectivity index (χ1v) is 4.90. The number of hydrogen-bond acceptors (Lipinski definition) is 2. The predicted octanol–water partition coefficient (Wildman–Crippen LogP) is 1.68. The molecule has 0 saturated carbocycles. The average Bonchev–Trinajstić information content (AvgIpc) is 2.18. The number of halogens is 1. The van der Waals surface area contributed by atoms with Crippen LogP contribution in [0.5, 0.6) is 0 Å². The number of aryl methyl sites for hydroxylation is 1. The summed E-state index contributed by atoms with van der Waals surface area (Å²) in [7, 11) is 0. The molecule has 15 heavy (non-hydrogen) atoms. The number of rotatable bonds is 4. The van der Waals surface area contributed by atoms with Crippen molar-refractivity contribution in [3.63, 3.8) is 0 Å². The molecule has 0 aliphatic heterocycles. The second-order valence-corrected chi connectivity index (χ2v) is 3.35. The summed E-state index contributed by atoms with van der Waals surface area (Å²) in [6.45, 7) is 1.91. The highest BCUT2D eigenvalue weighted by atomic mass is 19.1. The maximum Gasteiger partial charge on any atom is 0.221 e. The Balaban J connectivity index is 2.92. The van der Waals surface area contributed by atoms with Crippen molar-refractivity contribution in [1.82, 2.24) is 0 Å². The Morgan fingerprint density at radius 3 is 2.87 bits per heavy atom. The van der Waals surface area contributed by atoms with Gasteiger partial charge in [0.05, 0.1) is 5.69 Å². The monoisotopic (exact) mass is 210 g/mol. The fourth-order valence-corrected chi connectivity index (χ4v) is 1.39. The zero-order valence-electron chi connectivity index (χ0n) is 8.72. The molecule has 0 saturated heterocycles. The molecule has 0 spiro atoms. The summed E-state index contributed by atoms with van der Waals surface area (Å²) >= 11 is 0. The zero-order chi connectivity index (χ0) is 11.3. The number of hydrogen-bond donors (Lipinski definition) is 2. The van der Waals surface area contributed by atoms with E-state index in [0.717, 1.165) is 12.0 Å². The fourth-order valence-electron chi connectivity index (χ4n) is 1.39. The van der Waals surface area contributed by atoms with Crippen LogP contribution in [0.4, 0.5) is 10.1 Å². The van der Waals surface area contributed by atoms with Gasteiger partial charge < -0.3 is 11.1 Å². The van der Waals surface area contributed by atoms with Crippen LogP contribution >= 0.6 is 0 Å². The molecule has 0 atom stereocenters. The first kappa shape index (κ1) is 11.7. The van der Waals surface area contributed by atoms with Gasteiger partial charge >= 0.3 is 0 Å². The van der Waals surface area contributed by atoms with E-state index in [9.17, 15) is 9.18 Å². The number of nitrogens with one attached hydrogen (secondary N) is 1. The molecule has 0 aliphatic rings. The van der Waals surface area contributed by atoms with E-state index >= 15 is 0 Å². The van der Waals surface area contributed by atoms with Gasteiger partial charge in [0.15, 0.2) is 0 Å².